The number of anilines is 1. The number of benzene rings is 2. The molecule has 106 valence electrons. The molecule has 0 spiro atoms. The van der Waals surface area contributed by atoms with Gasteiger partial charge >= 0.3 is 0 Å². The van der Waals surface area contributed by atoms with Gasteiger partial charge in [-0.15, -0.1) is 0 Å². The van der Waals surface area contributed by atoms with Crippen LogP contribution in [0.25, 0.3) is 10.9 Å². The van der Waals surface area contributed by atoms with Gasteiger partial charge in [0.1, 0.15) is 0 Å². The fourth-order valence-electron chi connectivity index (χ4n) is 2.39. The zero-order valence-electron chi connectivity index (χ0n) is 11.8. The third-order valence-electron chi connectivity index (χ3n) is 3.51. The van der Waals surface area contributed by atoms with E-state index in [1.165, 1.54) is 10.9 Å². The van der Waals surface area contributed by atoms with Gasteiger partial charge in [0.25, 0.3) is 5.91 Å². The lowest BCUT2D eigenvalue weighted by Gasteiger charge is -2.07. The number of carbonyl (C=O) groups excluding carboxylic acids is 1. The van der Waals surface area contributed by atoms with E-state index in [-0.39, 0.29) is 5.91 Å². The Bertz CT molecular complexity index is 776. The van der Waals surface area contributed by atoms with Crippen molar-refractivity contribution in [1.82, 2.24) is 10.3 Å². The largest absolute Gasteiger partial charge is 0.381 e. The first-order valence-corrected chi connectivity index (χ1v) is 6.89. The molecule has 0 radical (unpaired) electrons. The minimum Gasteiger partial charge on any atom is -0.381 e. The number of amides is 1. The van der Waals surface area contributed by atoms with Crippen LogP contribution in [0, 0.1) is 0 Å². The molecule has 0 aliphatic carbocycles. The number of hydrogen-bond acceptors (Lipinski definition) is 2. The minimum atomic E-state index is -0.0780. The van der Waals surface area contributed by atoms with Gasteiger partial charge in [-0.05, 0) is 29.8 Å². The van der Waals surface area contributed by atoms with Crippen molar-refractivity contribution in [2.24, 2.45) is 0 Å². The highest BCUT2D eigenvalue weighted by atomic mass is 16.1. The highest BCUT2D eigenvalue weighted by molar-refractivity contribution is 5.94. The third kappa shape index (κ3) is 2.74. The van der Waals surface area contributed by atoms with Gasteiger partial charge < -0.3 is 15.6 Å². The second-order valence-electron chi connectivity index (χ2n) is 4.87. The molecule has 0 fully saturated rings. The summed E-state index contributed by atoms with van der Waals surface area (Å²) in [6.07, 6.45) is 2.01. The summed E-state index contributed by atoms with van der Waals surface area (Å²) < 4.78 is 0. The Morgan fingerprint density at radius 3 is 2.86 bits per heavy atom. The number of hydrogen-bond donors (Lipinski definition) is 3. The Kier molecular flexibility index (Phi) is 3.60. The Morgan fingerprint density at radius 2 is 2.00 bits per heavy atom. The molecular formula is C17H17N3O. The number of aromatic amines is 1. The Morgan fingerprint density at radius 1 is 1.14 bits per heavy atom. The molecule has 1 amide bonds. The van der Waals surface area contributed by atoms with Gasteiger partial charge in [-0.2, -0.15) is 0 Å². The maximum Gasteiger partial charge on any atom is 0.251 e. The summed E-state index contributed by atoms with van der Waals surface area (Å²) in [7, 11) is 1.63. The third-order valence-corrected chi connectivity index (χ3v) is 3.51. The number of aromatic nitrogens is 1. The first-order chi connectivity index (χ1) is 10.3. The van der Waals surface area contributed by atoms with Crippen molar-refractivity contribution in [2.45, 2.75) is 6.54 Å². The molecule has 1 aromatic heterocycles. The lowest BCUT2D eigenvalue weighted by molar-refractivity contribution is 0.0963. The second kappa shape index (κ2) is 5.71. The van der Waals surface area contributed by atoms with Crippen molar-refractivity contribution in [3.8, 4) is 0 Å². The van der Waals surface area contributed by atoms with Crippen molar-refractivity contribution in [2.75, 3.05) is 12.4 Å². The molecule has 0 aliphatic heterocycles. The van der Waals surface area contributed by atoms with Gasteiger partial charge in [-0.25, -0.2) is 0 Å². The van der Waals surface area contributed by atoms with E-state index in [0.29, 0.717) is 12.1 Å². The molecule has 0 atom stereocenters. The molecule has 21 heavy (non-hydrogen) atoms. The van der Waals surface area contributed by atoms with Gasteiger partial charge in [0.15, 0.2) is 0 Å². The summed E-state index contributed by atoms with van der Waals surface area (Å²) in [5.41, 5.74) is 3.92. The summed E-state index contributed by atoms with van der Waals surface area (Å²) in [6.45, 7) is 0.710. The average Bonchev–Trinajstić information content (AvgIpc) is 2.95. The normalized spacial score (nSPS) is 10.5. The summed E-state index contributed by atoms with van der Waals surface area (Å²) in [5.74, 6) is -0.0780. The fourth-order valence-corrected chi connectivity index (χ4v) is 2.39. The minimum absolute atomic E-state index is 0.0780. The number of nitrogens with one attached hydrogen (secondary N) is 3. The van der Waals surface area contributed by atoms with E-state index in [4.69, 9.17) is 0 Å². The quantitative estimate of drug-likeness (QED) is 0.687. The number of para-hydroxylation sites is 1. The van der Waals surface area contributed by atoms with Gasteiger partial charge in [-0.3, -0.25) is 4.79 Å². The van der Waals surface area contributed by atoms with Gasteiger partial charge in [0.05, 0.1) is 0 Å². The van der Waals surface area contributed by atoms with Crippen LogP contribution in [0.3, 0.4) is 0 Å². The van der Waals surface area contributed by atoms with Crippen LogP contribution in [0.1, 0.15) is 15.9 Å². The average molecular weight is 279 g/mol. The molecule has 4 nitrogen and oxygen atoms in total. The van der Waals surface area contributed by atoms with E-state index in [0.717, 1.165) is 11.2 Å². The first kappa shape index (κ1) is 13.2. The van der Waals surface area contributed by atoms with E-state index in [1.54, 1.807) is 13.1 Å². The predicted molar refractivity (Wildman–Crippen MR) is 85.5 cm³/mol. The maximum atomic E-state index is 11.6. The van der Waals surface area contributed by atoms with E-state index in [9.17, 15) is 4.79 Å². The van der Waals surface area contributed by atoms with Crippen molar-refractivity contribution in [3.63, 3.8) is 0 Å². The molecule has 0 bridgehead atoms. The van der Waals surface area contributed by atoms with Crippen molar-refractivity contribution in [3.05, 3.63) is 65.9 Å². The van der Waals surface area contributed by atoms with Crippen LogP contribution in [0.15, 0.2) is 54.7 Å². The van der Waals surface area contributed by atoms with E-state index in [2.05, 4.69) is 27.8 Å². The van der Waals surface area contributed by atoms with Gasteiger partial charge in [0.2, 0.25) is 0 Å². The lowest BCUT2D eigenvalue weighted by Crippen LogP contribution is -2.17. The summed E-state index contributed by atoms with van der Waals surface area (Å²) in [4.78, 5) is 14.9. The fraction of sp³-hybridized carbons (Fsp3) is 0.118. The SMILES string of the molecule is CNC(=O)c1cccc(NCc2c[nH]c3ccccc23)c1. The van der Waals surface area contributed by atoms with Crippen LogP contribution in [0.2, 0.25) is 0 Å². The first-order valence-electron chi connectivity index (χ1n) is 6.89. The molecule has 3 rings (SSSR count). The molecule has 0 saturated carbocycles. The van der Waals surface area contributed by atoms with Crippen molar-refractivity contribution in [1.29, 1.82) is 0 Å². The standard InChI is InChI=1S/C17H17N3O/c1-18-17(21)12-5-4-6-14(9-12)19-10-13-11-20-16-8-3-2-7-15(13)16/h2-9,11,19-20H,10H2,1H3,(H,18,21). The highest BCUT2D eigenvalue weighted by Gasteiger charge is 2.05. The summed E-state index contributed by atoms with van der Waals surface area (Å²) >= 11 is 0. The Labute approximate surface area is 123 Å². The van der Waals surface area contributed by atoms with Crippen LogP contribution < -0.4 is 10.6 Å². The van der Waals surface area contributed by atoms with Gasteiger partial charge in [-0.1, -0.05) is 24.3 Å². The van der Waals surface area contributed by atoms with E-state index >= 15 is 0 Å². The molecule has 4 heteroatoms. The van der Waals surface area contributed by atoms with Crippen LogP contribution in [-0.4, -0.2) is 17.9 Å². The van der Waals surface area contributed by atoms with E-state index < -0.39 is 0 Å². The molecule has 2 aromatic carbocycles. The number of fused-ring (bicyclic) bond motifs is 1. The van der Waals surface area contributed by atoms with Crippen molar-refractivity contribution < 1.29 is 4.79 Å². The van der Waals surface area contributed by atoms with Gasteiger partial charge in [0, 0.05) is 41.9 Å². The van der Waals surface area contributed by atoms with Crippen LogP contribution in [0.5, 0.6) is 0 Å². The predicted octanol–water partition coefficient (Wildman–Crippen LogP) is 3.14. The highest BCUT2D eigenvalue weighted by Crippen LogP contribution is 2.19. The maximum absolute atomic E-state index is 11.6. The number of H-pyrrole nitrogens is 1. The molecule has 3 aromatic rings. The summed E-state index contributed by atoms with van der Waals surface area (Å²) in [6, 6.07) is 15.7. The number of carbonyl (C=O) groups is 1. The van der Waals surface area contributed by atoms with Crippen LogP contribution >= 0.6 is 0 Å². The zero-order valence-corrected chi connectivity index (χ0v) is 11.8. The monoisotopic (exact) mass is 279 g/mol. The topological polar surface area (TPSA) is 56.9 Å². The molecule has 0 aliphatic rings. The summed E-state index contributed by atoms with van der Waals surface area (Å²) in [5, 5.41) is 7.20. The van der Waals surface area contributed by atoms with Crippen molar-refractivity contribution >= 4 is 22.5 Å². The lowest BCUT2D eigenvalue weighted by atomic mass is 10.1. The molecular weight excluding hydrogens is 262 g/mol. The zero-order chi connectivity index (χ0) is 14.7. The molecule has 1 heterocycles. The molecule has 0 saturated heterocycles. The second-order valence-corrected chi connectivity index (χ2v) is 4.87. The molecule has 3 N–H and O–H groups in total. The molecule has 0 unspecified atom stereocenters. The van der Waals surface area contributed by atoms with Crippen LogP contribution in [-0.2, 0) is 6.54 Å². The van der Waals surface area contributed by atoms with E-state index in [1.807, 2.05) is 36.5 Å². The Balaban J connectivity index is 1.77. The van der Waals surface area contributed by atoms with Crippen LogP contribution in [0.4, 0.5) is 5.69 Å². The Hall–Kier alpha value is -2.75. The number of rotatable bonds is 4. The smallest absolute Gasteiger partial charge is 0.251 e.